The van der Waals surface area contributed by atoms with Gasteiger partial charge in [0.2, 0.25) is 11.8 Å². The number of nitrogens with one attached hydrogen (secondary N) is 1. The minimum absolute atomic E-state index is 0.0164. The van der Waals surface area contributed by atoms with E-state index in [1.807, 2.05) is 74.0 Å². The number of hydrogen-bond acceptors (Lipinski definition) is 8. The Morgan fingerprint density at radius 3 is 2.31 bits per heavy atom. The molecule has 10 nitrogen and oxygen atoms in total. The number of imide groups is 1. The molecule has 2 aliphatic rings. The van der Waals surface area contributed by atoms with Crippen LogP contribution in [-0.2, 0) is 14.3 Å². The molecule has 1 aliphatic heterocycles. The van der Waals surface area contributed by atoms with Crippen LogP contribution >= 0.6 is 11.6 Å². The second kappa shape index (κ2) is 23.2. The van der Waals surface area contributed by atoms with Crippen LogP contribution in [0, 0.1) is 29.1 Å². The first-order valence-electron chi connectivity index (χ1n) is 22.0. The summed E-state index contributed by atoms with van der Waals surface area (Å²) in [5.41, 5.74) is 6.48. The lowest BCUT2D eigenvalue weighted by Gasteiger charge is -2.23. The average Bonchev–Trinajstić information content (AvgIpc) is 3.67. The molecule has 1 N–H and O–H groups in total. The number of rotatable bonds is 20. The molecular formula is C50H62ClN3O7. The number of benzene rings is 3. The summed E-state index contributed by atoms with van der Waals surface area (Å²) in [5.74, 6) is 2.37. The van der Waals surface area contributed by atoms with Crippen molar-refractivity contribution in [2.75, 3.05) is 33.0 Å². The molecule has 11 heteroatoms. The van der Waals surface area contributed by atoms with E-state index in [0.717, 1.165) is 65.8 Å². The molecule has 3 unspecified atom stereocenters. The van der Waals surface area contributed by atoms with Crippen LogP contribution in [0.4, 0.5) is 0 Å². The lowest BCUT2D eigenvalue weighted by Crippen LogP contribution is -2.39. The van der Waals surface area contributed by atoms with Crippen LogP contribution in [0.15, 0.2) is 66.4 Å². The van der Waals surface area contributed by atoms with Crippen LogP contribution in [-0.4, -0.2) is 55.2 Å². The number of amides is 2. The van der Waals surface area contributed by atoms with E-state index in [4.69, 9.17) is 30.5 Å². The molecule has 3 atom stereocenters. The molecule has 3 aromatic carbocycles. The van der Waals surface area contributed by atoms with Gasteiger partial charge in [-0.05, 0) is 117 Å². The predicted molar refractivity (Wildman–Crippen MR) is 242 cm³/mol. The fourth-order valence-corrected chi connectivity index (χ4v) is 7.60. The third-order valence-electron chi connectivity index (χ3n) is 11.8. The Hall–Kier alpha value is -5.11. The number of fused-ring (bicyclic) bond motifs is 1. The first-order chi connectivity index (χ1) is 29.5. The summed E-state index contributed by atoms with van der Waals surface area (Å²) in [6.45, 7) is 14.4. The van der Waals surface area contributed by atoms with Crippen molar-refractivity contribution < 1.29 is 33.3 Å². The highest BCUT2D eigenvalue weighted by Crippen LogP contribution is 2.37. The Bertz CT molecular complexity index is 2210. The Morgan fingerprint density at radius 1 is 0.918 bits per heavy atom. The van der Waals surface area contributed by atoms with Crippen molar-refractivity contribution in [1.29, 1.82) is 5.26 Å². The zero-order chi connectivity index (χ0) is 43.9. The number of carbonyl (C=O) groups is 3. The van der Waals surface area contributed by atoms with E-state index in [2.05, 4.69) is 38.2 Å². The fourth-order valence-electron chi connectivity index (χ4n) is 7.33. The monoisotopic (exact) mass is 851 g/mol. The number of ether oxygens (including phenoxy) is 4. The summed E-state index contributed by atoms with van der Waals surface area (Å²) in [5, 5.41) is 13.6. The van der Waals surface area contributed by atoms with Gasteiger partial charge in [0, 0.05) is 41.1 Å². The summed E-state index contributed by atoms with van der Waals surface area (Å²) < 4.78 is 25.9. The molecule has 61 heavy (non-hydrogen) atoms. The topological polar surface area (TPSA) is 129 Å². The minimum Gasteiger partial charge on any atom is -0.493 e. The van der Waals surface area contributed by atoms with E-state index in [1.54, 1.807) is 6.07 Å². The summed E-state index contributed by atoms with van der Waals surface area (Å²) >= 11 is 6.69. The van der Waals surface area contributed by atoms with E-state index >= 15 is 0 Å². The predicted octanol–water partition coefficient (Wildman–Crippen LogP) is 11.5. The third-order valence-corrected chi connectivity index (χ3v) is 12.1. The second-order valence-electron chi connectivity index (χ2n) is 16.2. The third kappa shape index (κ3) is 12.7. The van der Waals surface area contributed by atoms with Gasteiger partial charge in [0.05, 0.1) is 35.9 Å². The number of hydrogen-bond donors (Lipinski definition) is 1. The van der Waals surface area contributed by atoms with Gasteiger partial charge in [0.1, 0.15) is 30.8 Å². The van der Waals surface area contributed by atoms with Gasteiger partial charge in [-0.3, -0.25) is 19.7 Å². The highest BCUT2D eigenvalue weighted by Gasteiger charge is 2.23. The van der Waals surface area contributed by atoms with Gasteiger partial charge in [0.15, 0.2) is 11.5 Å². The maximum Gasteiger partial charge on any atom is 0.229 e. The van der Waals surface area contributed by atoms with Crippen molar-refractivity contribution in [3.63, 3.8) is 0 Å². The molecular weight excluding hydrogens is 790 g/mol. The average molecular weight is 853 g/mol. The van der Waals surface area contributed by atoms with Crippen molar-refractivity contribution in [3.05, 3.63) is 88.1 Å². The largest absolute Gasteiger partial charge is 0.493 e. The SMILES string of the molecule is CC1CCC(=O)NC1=O.CCCCC(CC)COc1ccc2c(ccn2-c2cc(Cl)c(OCCOCCOc3ccc(C(=O)C(C)CC)c(C(C)=C4CCC4)c3)c(C#N)c2)c1. The fraction of sp³-hybridized carbons (Fsp3) is 0.480. The molecule has 2 heterocycles. The van der Waals surface area contributed by atoms with Gasteiger partial charge in [-0.25, -0.2) is 0 Å². The summed E-state index contributed by atoms with van der Waals surface area (Å²) in [7, 11) is 0. The number of nitriles is 1. The van der Waals surface area contributed by atoms with Crippen molar-refractivity contribution in [1.82, 2.24) is 9.88 Å². The number of aromatic nitrogens is 1. The van der Waals surface area contributed by atoms with Crippen LogP contribution in [0.2, 0.25) is 5.02 Å². The van der Waals surface area contributed by atoms with Crippen molar-refractivity contribution in [2.24, 2.45) is 17.8 Å². The van der Waals surface area contributed by atoms with Gasteiger partial charge >= 0.3 is 0 Å². The van der Waals surface area contributed by atoms with Crippen LogP contribution < -0.4 is 19.5 Å². The summed E-state index contributed by atoms with van der Waals surface area (Å²) in [4.78, 5) is 34.3. The summed E-state index contributed by atoms with van der Waals surface area (Å²) in [6.07, 6.45) is 12.1. The van der Waals surface area contributed by atoms with E-state index in [-0.39, 0.29) is 36.0 Å². The van der Waals surface area contributed by atoms with Crippen LogP contribution in [0.5, 0.6) is 17.2 Å². The standard InChI is InChI=1S/C44H53ClN2O5.C6H9NO2/c1-6-9-11-32(8-3)29-52-37-15-17-42-34(25-37)18-19-47(42)36-24-35(28-46)44(41(45)26-36)51-23-21-49-20-22-50-38-14-16-39(43(48)30(4)7-2)40(27-38)31(5)33-12-10-13-33;1-4-2-3-5(8)7-6(4)9/h14-19,24-27,30,32H,6-13,20-23,29H2,1-5H3;4H,2-3H2,1H3,(H,7,8,9). The van der Waals surface area contributed by atoms with Crippen LogP contribution in [0.1, 0.15) is 127 Å². The molecule has 1 aromatic heterocycles. The number of Topliss-reactive ketones (excluding diaryl/α,β-unsaturated/α-hetero) is 1. The zero-order valence-corrected chi connectivity index (χ0v) is 37.5. The van der Waals surface area contributed by atoms with Gasteiger partial charge in [-0.1, -0.05) is 71.1 Å². The first-order valence-corrected chi connectivity index (χ1v) is 22.4. The number of halogens is 1. The van der Waals surface area contributed by atoms with E-state index < -0.39 is 0 Å². The zero-order valence-electron chi connectivity index (χ0n) is 36.7. The number of unbranched alkanes of at least 4 members (excludes halogenated alkanes) is 1. The minimum atomic E-state index is -0.141. The summed E-state index contributed by atoms with van der Waals surface area (Å²) in [6, 6.07) is 19.8. The maximum atomic E-state index is 13.1. The molecule has 1 saturated heterocycles. The molecule has 4 aromatic rings. The van der Waals surface area contributed by atoms with Gasteiger partial charge < -0.3 is 23.5 Å². The van der Waals surface area contributed by atoms with E-state index in [1.165, 1.54) is 36.8 Å². The second-order valence-corrected chi connectivity index (χ2v) is 16.6. The molecule has 1 saturated carbocycles. The Kier molecular flexibility index (Phi) is 17.9. The van der Waals surface area contributed by atoms with Crippen molar-refractivity contribution >= 4 is 45.7 Å². The quantitative estimate of drug-likeness (QED) is 0.0529. The van der Waals surface area contributed by atoms with Crippen LogP contribution in [0.25, 0.3) is 22.2 Å². The molecule has 0 bridgehead atoms. The Morgan fingerprint density at radius 2 is 1.66 bits per heavy atom. The molecule has 0 spiro atoms. The number of nitrogens with zero attached hydrogens (tertiary/aromatic N) is 2. The molecule has 1 aliphatic carbocycles. The number of ketones is 1. The Balaban J connectivity index is 0.000000693. The van der Waals surface area contributed by atoms with Gasteiger partial charge in [-0.15, -0.1) is 0 Å². The smallest absolute Gasteiger partial charge is 0.229 e. The normalized spacial score (nSPS) is 15.8. The molecule has 326 valence electrons. The van der Waals surface area contributed by atoms with E-state index in [9.17, 15) is 19.6 Å². The van der Waals surface area contributed by atoms with Crippen molar-refractivity contribution in [3.8, 4) is 29.0 Å². The molecule has 6 rings (SSSR count). The lowest BCUT2D eigenvalue weighted by molar-refractivity contribution is -0.135. The lowest BCUT2D eigenvalue weighted by atomic mass is 9.83. The number of allylic oxidation sites excluding steroid dienone is 2. The highest BCUT2D eigenvalue weighted by atomic mass is 35.5. The highest BCUT2D eigenvalue weighted by molar-refractivity contribution is 6.32. The molecule has 0 radical (unpaired) electrons. The molecule has 2 amide bonds. The number of carbonyl (C=O) groups excluding carboxylic acids is 3. The van der Waals surface area contributed by atoms with E-state index in [0.29, 0.717) is 60.7 Å². The van der Waals surface area contributed by atoms with Crippen molar-refractivity contribution in [2.45, 2.75) is 106 Å². The van der Waals surface area contributed by atoms with Gasteiger partial charge in [0.25, 0.3) is 0 Å². The number of piperidine rings is 1. The molecule has 2 fully saturated rings. The Labute approximate surface area is 366 Å². The van der Waals surface area contributed by atoms with Crippen LogP contribution in [0.3, 0.4) is 0 Å². The first kappa shape index (κ1) is 46.9. The maximum absolute atomic E-state index is 13.1. The van der Waals surface area contributed by atoms with Gasteiger partial charge in [-0.2, -0.15) is 5.26 Å².